The van der Waals surface area contributed by atoms with Crippen molar-refractivity contribution >= 4 is 0 Å². The van der Waals surface area contributed by atoms with Crippen LogP contribution in [0.25, 0.3) is 0 Å². The highest BCUT2D eigenvalue weighted by molar-refractivity contribution is 5.31. The molecule has 34 heavy (non-hydrogen) atoms. The van der Waals surface area contributed by atoms with Crippen LogP contribution in [0.5, 0.6) is 5.75 Å². The number of halogens is 2. The second kappa shape index (κ2) is 12.0. The van der Waals surface area contributed by atoms with Gasteiger partial charge in [-0.1, -0.05) is 55.8 Å². The summed E-state index contributed by atoms with van der Waals surface area (Å²) in [6.07, 6.45) is 14.8. The Kier molecular flexibility index (Phi) is 8.80. The highest BCUT2D eigenvalue weighted by Gasteiger charge is 2.36. The van der Waals surface area contributed by atoms with E-state index in [0.717, 1.165) is 31.1 Å². The molecular weight excluding hydrogens is 426 g/mol. The highest BCUT2D eigenvalue weighted by Crippen LogP contribution is 2.47. The summed E-state index contributed by atoms with van der Waals surface area (Å²) in [4.78, 5) is 0. The average Bonchev–Trinajstić information content (AvgIpc) is 2.86. The van der Waals surface area contributed by atoms with Crippen LogP contribution in [0, 0.1) is 29.4 Å². The van der Waals surface area contributed by atoms with Crippen LogP contribution in [0.1, 0.15) is 87.8 Å². The first-order valence-electron chi connectivity index (χ1n) is 13.4. The summed E-state index contributed by atoms with van der Waals surface area (Å²) in [5.41, 5.74) is 3.37. The molecule has 4 unspecified atom stereocenters. The smallest absolute Gasteiger partial charge is 0.200 e. The molecule has 0 amide bonds. The third-order valence-electron chi connectivity index (χ3n) is 8.13. The average molecular weight is 467 g/mol. The molecule has 2 aromatic carbocycles. The number of allylic oxidation sites excluding steroid dienone is 2. The van der Waals surface area contributed by atoms with Gasteiger partial charge in [0.15, 0.2) is 11.6 Å². The molecule has 0 aliphatic heterocycles. The minimum Gasteiger partial charge on any atom is -0.490 e. The van der Waals surface area contributed by atoms with Gasteiger partial charge in [-0.3, -0.25) is 0 Å². The van der Waals surface area contributed by atoms with Gasteiger partial charge in [-0.2, -0.15) is 4.39 Å². The molecule has 3 heteroatoms. The van der Waals surface area contributed by atoms with Gasteiger partial charge in [0.25, 0.3) is 0 Å². The third kappa shape index (κ3) is 6.09. The lowest BCUT2D eigenvalue weighted by atomic mass is 9.64. The Labute approximate surface area is 204 Å². The molecule has 0 spiro atoms. The van der Waals surface area contributed by atoms with Crippen molar-refractivity contribution in [2.75, 3.05) is 6.61 Å². The largest absolute Gasteiger partial charge is 0.490 e. The monoisotopic (exact) mass is 466 g/mol. The lowest BCUT2D eigenvalue weighted by molar-refractivity contribution is 0.0902. The Balaban J connectivity index is 1.27. The summed E-state index contributed by atoms with van der Waals surface area (Å²) < 4.78 is 34.8. The Morgan fingerprint density at radius 2 is 1.65 bits per heavy atom. The van der Waals surface area contributed by atoms with E-state index in [1.54, 1.807) is 12.1 Å². The molecule has 0 bridgehead atoms. The summed E-state index contributed by atoms with van der Waals surface area (Å²) in [5, 5.41) is 0. The van der Waals surface area contributed by atoms with Crippen LogP contribution in [0.2, 0.25) is 0 Å². The zero-order chi connectivity index (χ0) is 23.9. The molecule has 2 aromatic rings. The molecule has 2 saturated carbocycles. The first-order valence-corrected chi connectivity index (χ1v) is 13.4. The minimum atomic E-state index is -0.836. The van der Waals surface area contributed by atoms with Crippen molar-refractivity contribution in [3.63, 3.8) is 0 Å². The Morgan fingerprint density at radius 3 is 2.41 bits per heavy atom. The fourth-order valence-corrected chi connectivity index (χ4v) is 6.18. The number of ether oxygens (including phenoxy) is 1. The van der Waals surface area contributed by atoms with Gasteiger partial charge in [0.1, 0.15) is 0 Å². The van der Waals surface area contributed by atoms with Gasteiger partial charge in [-0.05, 0) is 111 Å². The molecule has 2 aliphatic rings. The van der Waals surface area contributed by atoms with Gasteiger partial charge in [0.2, 0.25) is 5.82 Å². The van der Waals surface area contributed by atoms with Gasteiger partial charge in [-0.15, -0.1) is 0 Å². The maximum atomic E-state index is 14.5. The van der Waals surface area contributed by atoms with E-state index in [0.29, 0.717) is 36.8 Å². The normalized spacial score (nSPS) is 24.8. The van der Waals surface area contributed by atoms with Gasteiger partial charge in [0.05, 0.1) is 6.61 Å². The number of hydrogen-bond acceptors (Lipinski definition) is 1. The van der Waals surface area contributed by atoms with Crippen LogP contribution in [0.3, 0.4) is 0 Å². The van der Waals surface area contributed by atoms with E-state index >= 15 is 0 Å². The molecule has 4 rings (SSSR count). The molecule has 0 aromatic heterocycles. The number of rotatable bonds is 9. The summed E-state index contributed by atoms with van der Waals surface area (Å²) in [7, 11) is 0. The van der Waals surface area contributed by atoms with Gasteiger partial charge < -0.3 is 4.74 Å². The lowest BCUT2D eigenvalue weighted by Crippen LogP contribution is -2.32. The predicted octanol–water partition coefficient (Wildman–Crippen LogP) is 8.81. The molecule has 0 radical (unpaired) electrons. The van der Waals surface area contributed by atoms with Crippen LogP contribution >= 0.6 is 0 Å². The maximum absolute atomic E-state index is 14.5. The summed E-state index contributed by atoms with van der Waals surface area (Å²) in [6.45, 7) is 4.65. The van der Waals surface area contributed by atoms with E-state index in [1.165, 1.54) is 43.2 Å². The summed E-state index contributed by atoms with van der Waals surface area (Å²) in [5.74, 6) is 1.12. The topological polar surface area (TPSA) is 9.23 Å². The van der Waals surface area contributed by atoms with Crippen molar-refractivity contribution in [1.29, 1.82) is 0 Å². The third-order valence-corrected chi connectivity index (χ3v) is 8.13. The van der Waals surface area contributed by atoms with Crippen LogP contribution in [-0.4, -0.2) is 6.61 Å². The number of fused-ring (bicyclic) bond motifs is 1. The van der Waals surface area contributed by atoms with Gasteiger partial charge in [-0.25, -0.2) is 4.39 Å². The fourth-order valence-electron chi connectivity index (χ4n) is 6.18. The van der Waals surface area contributed by atoms with Crippen molar-refractivity contribution < 1.29 is 13.5 Å². The predicted molar refractivity (Wildman–Crippen MR) is 136 cm³/mol. The van der Waals surface area contributed by atoms with Crippen LogP contribution in [0.15, 0.2) is 48.6 Å². The molecule has 2 fully saturated rings. The fraction of sp³-hybridized carbons (Fsp3) is 0.548. The van der Waals surface area contributed by atoms with E-state index in [2.05, 4.69) is 31.2 Å². The summed E-state index contributed by atoms with van der Waals surface area (Å²) >= 11 is 0. The molecule has 0 heterocycles. The molecule has 1 nitrogen and oxygen atoms in total. The van der Waals surface area contributed by atoms with E-state index in [4.69, 9.17) is 4.74 Å². The molecule has 0 N–H and O–H groups in total. The quantitative estimate of drug-likeness (QED) is 0.336. The molecule has 2 aliphatic carbocycles. The molecule has 4 atom stereocenters. The van der Waals surface area contributed by atoms with Crippen molar-refractivity contribution in [2.24, 2.45) is 17.8 Å². The zero-order valence-electron chi connectivity index (χ0n) is 20.9. The Bertz CT molecular complexity index is 949. The number of benzene rings is 2. The maximum Gasteiger partial charge on any atom is 0.200 e. The minimum absolute atomic E-state index is 0.0598. The SMILES string of the molecule is C/C=C/CCc1ccc(OCC2CCC3CC(c4ccc(CCC)cc4)CCC3C2)c(F)c1F. The van der Waals surface area contributed by atoms with Gasteiger partial charge in [0, 0.05) is 0 Å². The van der Waals surface area contributed by atoms with E-state index in [1.807, 2.05) is 19.1 Å². The Hall–Kier alpha value is -2.16. The van der Waals surface area contributed by atoms with E-state index in [9.17, 15) is 8.78 Å². The van der Waals surface area contributed by atoms with E-state index in [-0.39, 0.29) is 5.75 Å². The lowest BCUT2D eigenvalue weighted by Gasteiger charge is -2.42. The second-order valence-corrected chi connectivity index (χ2v) is 10.5. The second-order valence-electron chi connectivity index (χ2n) is 10.5. The molecule has 0 saturated heterocycles. The van der Waals surface area contributed by atoms with Crippen LogP contribution in [-0.2, 0) is 12.8 Å². The van der Waals surface area contributed by atoms with Crippen molar-refractivity contribution in [2.45, 2.75) is 84.0 Å². The highest BCUT2D eigenvalue weighted by atomic mass is 19.2. The van der Waals surface area contributed by atoms with Gasteiger partial charge >= 0.3 is 0 Å². The van der Waals surface area contributed by atoms with Crippen molar-refractivity contribution in [3.05, 3.63) is 76.9 Å². The van der Waals surface area contributed by atoms with Crippen LogP contribution < -0.4 is 4.74 Å². The Morgan fingerprint density at radius 1 is 0.882 bits per heavy atom. The van der Waals surface area contributed by atoms with Crippen molar-refractivity contribution in [1.82, 2.24) is 0 Å². The molecular formula is C31H40F2O. The zero-order valence-corrected chi connectivity index (χ0v) is 20.9. The molecule has 184 valence electrons. The van der Waals surface area contributed by atoms with Crippen molar-refractivity contribution in [3.8, 4) is 5.75 Å². The summed E-state index contributed by atoms with van der Waals surface area (Å²) in [6, 6.07) is 12.6. The standard InChI is InChI=1S/C31H40F2O/c1-3-5-6-8-25-17-18-29(31(33)30(25)32)34-21-23-11-14-28-20-27(16-15-26(28)19-23)24-12-9-22(7-4-2)10-13-24/h3,5,9-10,12-13,17-18,23,26-28H,4,6-8,11,14-16,19-21H2,1-2H3/b5-3+. The number of hydrogen-bond donors (Lipinski definition) is 0. The first-order chi connectivity index (χ1) is 16.6. The first kappa shape index (κ1) is 24.9. The van der Waals surface area contributed by atoms with Crippen LogP contribution in [0.4, 0.5) is 8.78 Å². The number of aryl methyl sites for hydroxylation is 2. The van der Waals surface area contributed by atoms with E-state index < -0.39 is 11.6 Å².